The van der Waals surface area contributed by atoms with Crippen LogP contribution in [-0.4, -0.2) is 0 Å². The van der Waals surface area contributed by atoms with Crippen LogP contribution in [0.4, 0.5) is 4.39 Å². The van der Waals surface area contributed by atoms with E-state index in [9.17, 15) is 8.96 Å². The van der Waals surface area contributed by atoms with Gasteiger partial charge in [0, 0.05) is 15.9 Å². The molecule has 0 aliphatic rings. The summed E-state index contributed by atoms with van der Waals surface area (Å²) in [6.45, 7) is 3.47. The van der Waals surface area contributed by atoms with Crippen LogP contribution in [0.15, 0.2) is 97.6 Å². The second-order valence-electron chi connectivity index (χ2n) is 5.51. The van der Waals surface area contributed by atoms with E-state index in [0.717, 1.165) is 10.6 Å². The van der Waals surface area contributed by atoms with Crippen molar-refractivity contribution in [2.45, 2.75) is 6.17 Å². The monoisotopic (exact) mass is 336 g/mol. The van der Waals surface area contributed by atoms with Crippen LogP contribution in [0.25, 0.3) is 0 Å². The zero-order valence-corrected chi connectivity index (χ0v) is 14.1. The molecule has 0 heterocycles. The van der Waals surface area contributed by atoms with E-state index in [0.29, 0.717) is 10.9 Å². The maximum absolute atomic E-state index is 14.1. The minimum absolute atomic E-state index is 0.515. The van der Waals surface area contributed by atoms with Gasteiger partial charge in [0.2, 0.25) is 0 Å². The molecule has 24 heavy (non-hydrogen) atoms. The van der Waals surface area contributed by atoms with E-state index in [1.807, 2.05) is 60.7 Å². The molecule has 1 atom stereocenters. The third kappa shape index (κ3) is 2.98. The zero-order valence-electron chi connectivity index (χ0n) is 13.2. The van der Waals surface area contributed by atoms with Crippen molar-refractivity contribution >= 4 is 23.1 Å². The first kappa shape index (κ1) is 16.4. The van der Waals surface area contributed by atoms with Crippen LogP contribution in [-0.2, 0) is 4.57 Å². The Bertz CT molecular complexity index is 814. The minimum atomic E-state index is -2.98. The molecule has 0 radical (unpaired) electrons. The van der Waals surface area contributed by atoms with E-state index in [1.54, 1.807) is 24.3 Å². The van der Waals surface area contributed by atoms with Gasteiger partial charge in [-0.2, -0.15) is 0 Å². The third-order valence-electron chi connectivity index (χ3n) is 4.02. The molecule has 0 amide bonds. The van der Waals surface area contributed by atoms with Gasteiger partial charge in [-0.1, -0.05) is 97.6 Å². The van der Waals surface area contributed by atoms with E-state index in [4.69, 9.17) is 0 Å². The number of alkyl halides is 1. The molecule has 0 N–H and O–H groups in total. The Hall–Kier alpha value is -2.44. The number of halogens is 1. The van der Waals surface area contributed by atoms with Crippen molar-refractivity contribution in [1.82, 2.24) is 0 Å². The Morgan fingerprint density at radius 1 is 0.750 bits per heavy atom. The summed E-state index contributed by atoms with van der Waals surface area (Å²) in [4.78, 5) is 0. The third-order valence-corrected chi connectivity index (χ3v) is 7.10. The Morgan fingerprint density at radius 2 is 1.17 bits per heavy atom. The number of allylic oxidation sites excluding steroid dienone is 1. The van der Waals surface area contributed by atoms with Crippen molar-refractivity contribution in [3.05, 3.63) is 103 Å². The summed E-state index contributed by atoms with van der Waals surface area (Å²) in [6.07, 6.45) is 0.0371. The first-order valence-electron chi connectivity index (χ1n) is 7.74. The van der Waals surface area contributed by atoms with Crippen LogP contribution in [0.3, 0.4) is 0 Å². The second kappa shape index (κ2) is 6.98. The first-order valence-corrected chi connectivity index (χ1v) is 9.45. The SMILES string of the molecule is C=CC(F)c1ccc(P(=O)(c2ccccc2)c2ccccc2)cc1. The van der Waals surface area contributed by atoms with Crippen molar-refractivity contribution in [2.24, 2.45) is 0 Å². The first-order chi connectivity index (χ1) is 11.7. The van der Waals surface area contributed by atoms with Gasteiger partial charge in [-0.3, -0.25) is 0 Å². The Labute approximate surface area is 141 Å². The normalized spacial score (nSPS) is 12.5. The van der Waals surface area contributed by atoms with Gasteiger partial charge in [-0.25, -0.2) is 4.39 Å². The van der Waals surface area contributed by atoms with Gasteiger partial charge >= 0.3 is 0 Å². The topological polar surface area (TPSA) is 17.1 Å². The summed E-state index contributed by atoms with van der Waals surface area (Å²) in [5, 5.41) is 2.23. The second-order valence-corrected chi connectivity index (χ2v) is 8.28. The van der Waals surface area contributed by atoms with Gasteiger partial charge in [0.1, 0.15) is 6.17 Å². The standard InChI is InChI=1S/C21H18FOP/c1-2-21(22)17-13-15-20(16-14-17)24(23,18-9-5-3-6-10-18)19-11-7-4-8-12-19/h2-16,21H,1H2. The lowest BCUT2D eigenvalue weighted by molar-refractivity contribution is 0.415. The average molecular weight is 336 g/mol. The van der Waals surface area contributed by atoms with Crippen LogP contribution >= 0.6 is 7.14 Å². The van der Waals surface area contributed by atoms with Crippen molar-refractivity contribution in [2.75, 3.05) is 0 Å². The molecule has 3 heteroatoms. The van der Waals surface area contributed by atoms with E-state index < -0.39 is 13.3 Å². The minimum Gasteiger partial charge on any atom is -0.309 e. The summed E-state index contributed by atoms with van der Waals surface area (Å²) in [5.74, 6) is 0. The van der Waals surface area contributed by atoms with Gasteiger partial charge in [0.25, 0.3) is 0 Å². The van der Waals surface area contributed by atoms with Gasteiger partial charge in [0.15, 0.2) is 7.14 Å². The maximum Gasteiger partial charge on any atom is 0.171 e. The molecule has 0 bridgehead atoms. The molecule has 0 spiro atoms. The highest BCUT2D eigenvalue weighted by atomic mass is 31.2. The van der Waals surface area contributed by atoms with E-state index in [-0.39, 0.29) is 0 Å². The number of benzene rings is 3. The fourth-order valence-electron chi connectivity index (χ4n) is 2.73. The fraction of sp³-hybridized carbons (Fsp3) is 0.0476. The molecular weight excluding hydrogens is 318 g/mol. The highest BCUT2D eigenvalue weighted by molar-refractivity contribution is 7.85. The average Bonchev–Trinajstić information content (AvgIpc) is 2.68. The molecule has 3 aromatic carbocycles. The fourth-order valence-corrected chi connectivity index (χ4v) is 5.37. The molecule has 0 saturated carbocycles. The Kier molecular flexibility index (Phi) is 4.78. The molecule has 0 saturated heterocycles. The Balaban J connectivity index is 2.16. The molecule has 0 fully saturated rings. The van der Waals surface area contributed by atoms with Crippen LogP contribution in [0, 0.1) is 0 Å². The van der Waals surface area contributed by atoms with E-state index in [1.165, 1.54) is 6.08 Å². The predicted octanol–water partition coefficient (Wildman–Crippen LogP) is 4.52. The van der Waals surface area contributed by atoms with Gasteiger partial charge in [0.05, 0.1) is 0 Å². The lowest BCUT2D eigenvalue weighted by Gasteiger charge is -2.20. The highest BCUT2D eigenvalue weighted by Gasteiger charge is 2.29. The quantitative estimate of drug-likeness (QED) is 0.494. The summed E-state index contributed by atoms with van der Waals surface area (Å²) in [7, 11) is -2.98. The lowest BCUT2D eigenvalue weighted by Crippen LogP contribution is -2.24. The molecule has 1 nitrogen and oxygen atoms in total. The zero-order chi connectivity index (χ0) is 17.0. The molecular formula is C21H18FOP. The highest BCUT2D eigenvalue weighted by Crippen LogP contribution is 2.42. The maximum atomic E-state index is 14.1. The van der Waals surface area contributed by atoms with Crippen LogP contribution in [0.5, 0.6) is 0 Å². The van der Waals surface area contributed by atoms with Gasteiger partial charge in [-0.15, -0.1) is 0 Å². The summed E-state index contributed by atoms with van der Waals surface area (Å²) in [5.41, 5.74) is 0.515. The van der Waals surface area contributed by atoms with E-state index >= 15 is 0 Å². The van der Waals surface area contributed by atoms with Crippen molar-refractivity contribution in [1.29, 1.82) is 0 Å². The number of hydrogen-bond donors (Lipinski definition) is 0. The summed E-state index contributed by atoms with van der Waals surface area (Å²) < 4.78 is 27.8. The smallest absolute Gasteiger partial charge is 0.171 e. The van der Waals surface area contributed by atoms with Crippen molar-refractivity contribution in [3.8, 4) is 0 Å². The number of hydrogen-bond acceptors (Lipinski definition) is 1. The summed E-state index contributed by atoms with van der Waals surface area (Å²) in [6, 6.07) is 25.7. The van der Waals surface area contributed by atoms with Gasteiger partial charge < -0.3 is 4.57 Å². The molecule has 0 aromatic heterocycles. The predicted molar refractivity (Wildman–Crippen MR) is 99.9 cm³/mol. The Morgan fingerprint density at radius 3 is 1.58 bits per heavy atom. The lowest BCUT2D eigenvalue weighted by atomic mass is 10.1. The largest absolute Gasteiger partial charge is 0.309 e. The van der Waals surface area contributed by atoms with Crippen molar-refractivity contribution in [3.63, 3.8) is 0 Å². The molecule has 1 unspecified atom stereocenters. The van der Waals surface area contributed by atoms with Gasteiger partial charge in [-0.05, 0) is 5.56 Å². The molecule has 3 rings (SSSR count). The summed E-state index contributed by atoms with van der Waals surface area (Å²) >= 11 is 0. The molecule has 0 aliphatic carbocycles. The van der Waals surface area contributed by atoms with Crippen LogP contribution < -0.4 is 15.9 Å². The van der Waals surface area contributed by atoms with Crippen LogP contribution in [0.1, 0.15) is 11.7 Å². The molecule has 0 aliphatic heterocycles. The van der Waals surface area contributed by atoms with Crippen molar-refractivity contribution < 1.29 is 8.96 Å². The molecule has 120 valence electrons. The van der Waals surface area contributed by atoms with Crippen LogP contribution in [0.2, 0.25) is 0 Å². The number of rotatable bonds is 5. The molecule has 3 aromatic rings. The van der Waals surface area contributed by atoms with E-state index in [2.05, 4.69) is 6.58 Å².